The number of amides is 5. The molecule has 5 amide bonds. The zero-order valence-electron chi connectivity index (χ0n) is 49.3. The molecule has 4 aliphatic rings. The summed E-state index contributed by atoms with van der Waals surface area (Å²) in [7, 11) is 16.0. The van der Waals surface area contributed by atoms with Crippen molar-refractivity contribution in [1.82, 2.24) is 29.4 Å². The maximum Gasteiger partial charge on any atom is 2.00 e. The number of carbonyl (C=O) groups excluding carboxylic acids is 3. The monoisotopic (exact) mass is 1210 g/mol. The standard InChI is InChI=1S/C30H41N3O7.C28H37N3O7.C2H3.BrH.Mg/c1-7-30(35)29(8-10-31(11-9-29)20-22-14-24(37-3)18-25(15-22)38-4)32(12-13-36-2)28(34)33(30)21-23-16-26(39-5)19-27(17-23)40-6;1-34-11-10-31-27(33)30(19-21-14-24(37-4)17-25(15-21)38-5)26(32)28(31)6-8-29(9-7-28)18-20-12-22(35-2)16-23(13-20)36-3;1-2;;/h7,14-19,35H,1,8-13,20-21H2,2-6H3;12-17H,6-11,18-19H2,1-5H3;1H,2H2;1H;/q;;-1;;+2/p-1. The van der Waals surface area contributed by atoms with Crippen molar-refractivity contribution in [1.29, 1.82) is 0 Å². The van der Waals surface area contributed by atoms with Crippen molar-refractivity contribution in [2.75, 3.05) is 124 Å². The van der Waals surface area contributed by atoms with Crippen molar-refractivity contribution in [3.05, 3.63) is 121 Å². The summed E-state index contributed by atoms with van der Waals surface area (Å²) in [4.78, 5) is 52.4. The molecular formula is C60H81BrMgN6O14. The van der Waals surface area contributed by atoms with Gasteiger partial charge in [-0.05, 0) is 103 Å². The Balaban J connectivity index is 0.000000335. The molecule has 2 spiro atoms. The van der Waals surface area contributed by atoms with Crippen LogP contribution in [-0.2, 0) is 40.4 Å². The Morgan fingerprint density at radius 3 is 1.12 bits per heavy atom. The van der Waals surface area contributed by atoms with E-state index in [1.165, 1.54) is 15.9 Å². The van der Waals surface area contributed by atoms with Crippen LogP contribution >= 0.6 is 0 Å². The first kappa shape index (κ1) is 68.5. The quantitative estimate of drug-likeness (QED) is 0.0488. The fraction of sp³-hybridized carbons (Fsp3) is 0.483. The largest absolute Gasteiger partial charge is 2.00 e. The van der Waals surface area contributed by atoms with Crippen LogP contribution in [0.5, 0.6) is 46.0 Å². The number of nitrogens with zero attached hydrogens (tertiary/aromatic N) is 6. The molecule has 4 saturated heterocycles. The number of rotatable bonds is 23. The van der Waals surface area contributed by atoms with Gasteiger partial charge in [0.05, 0.1) is 88.7 Å². The zero-order chi connectivity index (χ0) is 58.2. The molecule has 0 aliphatic carbocycles. The first-order chi connectivity index (χ1) is 38.6. The maximum absolute atomic E-state index is 14.0. The third-order valence-electron chi connectivity index (χ3n) is 15.5. The third-order valence-corrected chi connectivity index (χ3v) is 15.5. The molecule has 4 aromatic rings. The van der Waals surface area contributed by atoms with Crippen LogP contribution in [0.25, 0.3) is 0 Å². The smallest absolute Gasteiger partial charge is 1.00 e. The van der Waals surface area contributed by atoms with Gasteiger partial charge in [0.2, 0.25) is 0 Å². The van der Waals surface area contributed by atoms with E-state index >= 15 is 0 Å². The number of urea groups is 2. The Labute approximate surface area is 510 Å². The summed E-state index contributed by atoms with van der Waals surface area (Å²) < 4.78 is 53.9. The van der Waals surface area contributed by atoms with Gasteiger partial charge >= 0.3 is 35.1 Å². The van der Waals surface area contributed by atoms with E-state index in [0.29, 0.717) is 114 Å². The van der Waals surface area contributed by atoms with Crippen molar-refractivity contribution in [3.8, 4) is 46.0 Å². The van der Waals surface area contributed by atoms with Crippen molar-refractivity contribution in [2.24, 2.45) is 0 Å². The number of halogens is 1. The molecule has 8 rings (SSSR count). The summed E-state index contributed by atoms with van der Waals surface area (Å²) in [6, 6.07) is 22.0. The van der Waals surface area contributed by atoms with E-state index in [0.717, 1.165) is 45.3 Å². The second-order valence-electron chi connectivity index (χ2n) is 19.8. The van der Waals surface area contributed by atoms with Crippen LogP contribution in [0.15, 0.2) is 92.0 Å². The van der Waals surface area contributed by atoms with E-state index in [1.54, 1.807) is 93.0 Å². The average molecular weight is 1210 g/mol. The molecule has 0 saturated carbocycles. The van der Waals surface area contributed by atoms with E-state index in [1.807, 2.05) is 60.7 Å². The van der Waals surface area contributed by atoms with E-state index in [-0.39, 0.29) is 71.1 Å². The second kappa shape index (κ2) is 31.6. The summed E-state index contributed by atoms with van der Waals surface area (Å²) in [5.74, 6) is 5.21. The Hall–Kier alpha value is -5.98. The number of methoxy groups -OCH3 is 10. The van der Waals surface area contributed by atoms with Gasteiger partial charge in [0.25, 0.3) is 5.91 Å². The molecule has 1 unspecified atom stereocenters. The van der Waals surface area contributed by atoms with Crippen LogP contribution in [0.3, 0.4) is 0 Å². The summed E-state index contributed by atoms with van der Waals surface area (Å²) in [6.45, 7) is 16.8. The molecule has 4 heterocycles. The molecule has 0 radical (unpaired) electrons. The van der Waals surface area contributed by atoms with Gasteiger partial charge in [0.15, 0.2) is 5.72 Å². The molecule has 4 aromatic carbocycles. The van der Waals surface area contributed by atoms with Crippen molar-refractivity contribution < 1.29 is 83.8 Å². The topological polar surface area (TPSA) is 183 Å². The molecule has 82 heavy (non-hydrogen) atoms. The fourth-order valence-corrected chi connectivity index (χ4v) is 11.3. The van der Waals surface area contributed by atoms with Crippen LogP contribution in [0.4, 0.5) is 9.59 Å². The summed E-state index contributed by atoms with van der Waals surface area (Å²) in [5, 5.41) is 12.3. The van der Waals surface area contributed by atoms with Gasteiger partial charge < -0.3 is 85.8 Å². The second-order valence-corrected chi connectivity index (χ2v) is 19.8. The van der Waals surface area contributed by atoms with Crippen LogP contribution < -0.4 is 54.9 Å². The van der Waals surface area contributed by atoms with Crippen molar-refractivity contribution in [2.45, 2.75) is 68.7 Å². The van der Waals surface area contributed by atoms with Gasteiger partial charge in [0, 0.05) is 90.8 Å². The first-order valence-electron chi connectivity index (χ1n) is 26.4. The molecule has 22 heteroatoms. The SMILES string of the molecule is C=CC1(O)N(Cc2cc(OC)cc(OC)c2)C(=O)N(CCOC)C12CCN(Cc1cc(OC)cc(OC)c1)CC2.COCCN1C(=O)N(Cc2cc(OC)cc(OC)c2)C(=O)C12CCN(Cc1cc(OC)cc(OC)c1)CC2.[Br-].[CH-]=C.[Mg+2]. The van der Waals surface area contributed by atoms with E-state index in [2.05, 4.69) is 29.5 Å². The van der Waals surface area contributed by atoms with Gasteiger partial charge in [0.1, 0.15) is 51.5 Å². The molecule has 444 valence electrons. The molecular weight excluding hydrogens is 1130 g/mol. The van der Waals surface area contributed by atoms with Gasteiger partial charge in [-0.2, -0.15) is 0 Å². The first-order valence-corrected chi connectivity index (χ1v) is 26.4. The number of carbonyl (C=O) groups is 3. The van der Waals surface area contributed by atoms with E-state index in [9.17, 15) is 19.5 Å². The van der Waals surface area contributed by atoms with Crippen LogP contribution in [0.1, 0.15) is 47.9 Å². The molecule has 0 aromatic heterocycles. The Bertz CT molecular complexity index is 2650. The van der Waals surface area contributed by atoms with Gasteiger partial charge in [-0.3, -0.25) is 31.0 Å². The number of hydrogen-bond donors (Lipinski definition) is 1. The normalized spacial score (nSPS) is 18.1. The Morgan fingerprint density at radius 1 is 0.476 bits per heavy atom. The van der Waals surface area contributed by atoms with Crippen molar-refractivity contribution >= 4 is 41.0 Å². The molecule has 0 bridgehead atoms. The predicted molar refractivity (Wildman–Crippen MR) is 308 cm³/mol. The molecule has 4 aliphatic heterocycles. The Kier molecular flexibility index (Phi) is 26.4. The zero-order valence-corrected chi connectivity index (χ0v) is 52.3. The van der Waals surface area contributed by atoms with Crippen LogP contribution in [-0.4, -0.2) is 216 Å². The number of piperidine rings is 2. The van der Waals surface area contributed by atoms with E-state index < -0.39 is 16.8 Å². The number of benzene rings is 4. The summed E-state index contributed by atoms with van der Waals surface area (Å²) in [5.41, 5.74) is 0.319. The minimum atomic E-state index is -1.60. The number of ether oxygens (including phenoxy) is 10. The van der Waals surface area contributed by atoms with Crippen LogP contribution in [0.2, 0.25) is 0 Å². The number of likely N-dealkylation sites (tertiary alicyclic amines) is 2. The molecule has 4 fully saturated rings. The third kappa shape index (κ3) is 15.0. The fourth-order valence-electron chi connectivity index (χ4n) is 11.3. The minimum Gasteiger partial charge on any atom is -1.00 e. The molecule has 1 atom stereocenters. The van der Waals surface area contributed by atoms with Gasteiger partial charge in [-0.25, -0.2) is 9.59 Å². The molecule has 20 nitrogen and oxygen atoms in total. The molecule has 1 N–H and O–H groups in total. The number of imide groups is 1. The maximum atomic E-state index is 14.0. The van der Waals surface area contributed by atoms with Gasteiger partial charge in [-0.1, -0.05) is 6.58 Å². The van der Waals surface area contributed by atoms with Crippen LogP contribution in [0, 0.1) is 6.58 Å². The van der Waals surface area contributed by atoms with Crippen molar-refractivity contribution in [3.63, 3.8) is 0 Å². The number of hydrogen-bond acceptors (Lipinski definition) is 16. The average Bonchev–Trinajstić information content (AvgIpc) is 2.84. The summed E-state index contributed by atoms with van der Waals surface area (Å²) in [6.07, 6.45) is 3.71. The minimum absolute atomic E-state index is 0. The predicted octanol–water partition coefficient (Wildman–Crippen LogP) is 3.91. The Morgan fingerprint density at radius 2 is 0.793 bits per heavy atom. The van der Waals surface area contributed by atoms with Gasteiger partial charge in [-0.15, -0.1) is 0 Å². The number of aliphatic hydroxyl groups is 1. The summed E-state index contributed by atoms with van der Waals surface area (Å²) >= 11 is 0. The van der Waals surface area contributed by atoms with E-state index in [4.69, 9.17) is 47.4 Å².